The number of amides is 1. The second-order valence-corrected chi connectivity index (χ2v) is 5.66. The van der Waals surface area contributed by atoms with Crippen molar-refractivity contribution in [1.29, 1.82) is 0 Å². The van der Waals surface area contributed by atoms with Crippen LogP contribution in [0.5, 0.6) is 0 Å². The van der Waals surface area contributed by atoms with Crippen LogP contribution in [0.2, 0.25) is 0 Å². The molecule has 0 aromatic carbocycles. The molecule has 0 spiro atoms. The van der Waals surface area contributed by atoms with Gasteiger partial charge in [0, 0.05) is 51.8 Å². The summed E-state index contributed by atoms with van der Waals surface area (Å²) in [4.78, 5) is 18.9. The summed E-state index contributed by atoms with van der Waals surface area (Å²) in [5, 5.41) is 7.16. The Morgan fingerprint density at radius 1 is 1.25 bits per heavy atom. The van der Waals surface area contributed by atoms with Crippen LogP contribution in [-0.2, 0) is 13.6 Å². The number of hydrogen-bond acceptors (Lipinski definition) is 4. The second-order valence-electron chi connectivity index (χ2n) is 5.66. The predicted molar refractivity (Wildman–Crippen MR) is 92.3 cm³/mol. The van der Waals surface area contributed by atoms with E-state index >= 15 is 0 Å². The topological polar surface area (TPSA) is 68.0 Å². The number of carbonyl (C=O) groups excluding carboxylic acids is 1. The van der Waals surface area contributed by atoms with E-state index in [-0.39, 0.29) is 5.91 Å². The zero-order valence-corrected chi connectivity index (χ0v) is 14.0. The summed E-state index contributed by atoms with van der Waals surface area (Å²) in [7, 11) is 5.68. The summed E-state index contributed by atoms with van der Waals surface area (Å²) >= 11 is 0. The lowest BCUT2D eigenvalue weighted by atomic mass is 10.2. The van der Waals surface area contributed by atoms with E-state index in [2.05, 4.69) is 15.4 Å². The molecule has 0 saturated heterocycles. The van der Waals surface area contributed by atoms with Crippen LogP contribution in [0.3, 0.4) is 0 Å². The van der Waals surface area contributed by atoms with Crippen molar-refractivity contribution < 1.29 is 4.79 Å². The van der Waals surface area contributed by atoms with Gasteiger partial charge in [-0.3, -0.25) is 9.48 Å². The van der Waals surface area contributed by atoms with Crippen molar-refractivity contribution in [1.82, 2.24) is 24.6 Å². The highest BCUT2D eigenvalue weighted by Gasteiger charge is 2.17. The van der Waals surface area contributed by atoms with Crippen LogP contribution in [0.15, 0.2) is 49.1 Å². The van der Waals surface area contributed by atoms with Crippen molar-refractivity contribution in [3.8, 4) is 5.82 Å². The van der Waals surface area contributed by atoms with Crippen LogP contribution < -0.4 is 10.2 Å². The van der Waals surface area contributed by atoms with Crippen LogP contribution >= 0.6 is 0 Å². The van der Waals surface area contributed by atoms with Crippen molar-refractivity contribution in [3.05, 3.63) is 60.2 Å². The summed E-state index contributed by atoms with van der Waals surface area (Å²) in [6.45, 7) is 0.403. The minimum atomic E-state index is -0.166. The Kier molecular flexibility index (Phi) is 4.33. The van der Waals surface area contributed by atoms with E-state index in [1.165, 1.54) is 0 Å². The molecule has 0 fully saturated rings. The zero-order chi connectivity index (χ0) is 17.1. The first kappa shape index (κ1) is 15.8. The maximum Gasteiger partial charge on any atom is 0.256 e. The smallest absolute Gasteiger partial charge is 0.256 e. The van der Waals surface area contributed by atoms with E-state index in [1.807, 2.05) is 67.3 Å². The van der Waals surface area contributed by atoms with Gasteiger partial charge in [0.2, 0.25) is 0 Å². The molecule has 7 nitrogen and oxygen atoms in total. The standard InChI is InChI=1S/C17H20N6O/c1-21(2)15-13(7-6-8-18-15)11-19-16(24)14-12-20-22(3)17(14)23-9-4-5-10-23/h4-10,12H,11H2,1-3H3,(H,19,24). The molecule has 3 heterocycles. The van der Waals surface area contributed by atoms with Gasteiger partial charge >= 0.3 is 0 Å². The molecule has 1 N–H and O–H groups in total. The summed E-state index contributed by atoms with van der Waals surface area (Å²) in [6, 6.07) is 7.64. The monoisotopic (exact) mass is 324 g/mol. The molecule has 0 aliphatic carbocycles. The molecule has 0 aliphatic heterocycles. The lowest BCUT2D eigenvalue weighted by Gasteiger charge is -2.16. The number of nitrogens with zero attached hydrogens (tertiary/aromatic N) is 5. The molecule has 3 aromatic heterocycles. The Morgan fingerprint density at radius 3 is 2.71 bits per heavy atom. The van der Waals surface area contributed by atoms with Gasteiger partial charge in [0.05, 0.1) is 6.20 Å². The highest BCUT2D eigenvalue weighted by Crippen LogP contribution is 2.16. The van der Waals surface area contributed by atoms with E-state index in [1.54, 1.807) is 17.1 Å². The number of hydrogen-bond donors (Lipinski definition) is 1. The van der Waals surface area contributed by atoms with E-state index in [9.17, 15) is 4.79 Å². The maximum atomic E-state index is 12.6. The number of anilines is 1. The van der Waals surface area contributed by atoms with Gasteiger partial charge in [-0.25, -0.2) is 4.98 Å². The number of carbonyl (C=O) groups is 1. The molecule has 7 heteroatoms. The molecule has 0 unspecified atom stereocenters. The van der Waals surface area contributed by atoms with Crippen molar-refractivity contribution in [2.24, 2.45) is 7.05 Å². The first-order valence-corrected chi connectivity index (χ1v) is 7.62. The number of aromatic nitrogens is 4. The Balaban J connectivity index is 1.80. The van der Waals surface area contributed by atoms with Gasteiger partial charge in [-0.1, -0.05) is 6.07 Å². The number of nitrogens with one attached hydrogen (secondary N) is 1. The van der Waals surface area contributed by atoms with Crippen LogP contribution in [0.25, 0.3) is 5.82 Å². The minimum Gasteiger partial charge on any atom is -0.362 e. The molecule has 124 valence electrons. The minimum absolute atomic E-state index is 0.166. The zero-order valence-electron chi connectivity index (χ0n) is 14.0. The van der Waals surface area contributed by atoms with E-state index in [0.29, 0.717) is 12.1 Å². The van der Waals surface area contributed by atoms with Crippen molar-refractivity contribution in [3.63, 3.8) is 0 Å². The summed E-state index contributed by atoms with van der Waals surface area (Å²) in [5.74, 6) is 1.41. The molecular weight excluding hydrogens is 304 g/mol. The lowest BCUT2D eigenvalue weighted by Crippen LogP contribution is -2.25. The molecule has 0 bridgehead atoms. The van der Waals surface area contributed by atoms with Gasteiger partial charge < -0.3 is 14.8 Å². The van der Waals surface area contributed by atoms with E-state index in [4.69, 9.17) is 0 Å². The third-order valence-electron chi connectivity index (χ3n) is 3.73. The van der Waals surface area contributed by atoms with Gasteiger partial charge in [-0.05, 0) is 18.2 Å². The fraction of sp³-hybridized carbons (Fsp3) is 0.235. The second kappa shape index (κ2) is 6.57. The average Bonchev–Trinajstić information content (AvgIpc) is 3.21. The third-order valence-corrected chi connectivity index (χ3v) is 3.73. The quantitative estimate of drug-likeness (QED) is 0.774. The maximum absolute atomic E-state index is 12.6. The fourth-order valence-corrected chi connectivity index (χ4v) is 2.61. The first-order valence-electron chi connectivity index (χ1n) is 7.62. The molecule has 3 rings (SSSR count). The highest BCUT2D eigenvalue weighted by atomic mass is 16.1. The number of pyridine rings is 1. The van der Waals surface area contributed by atoms with Gasteiger partial charge in [-0.2, -0.15) is 5.10 Å². The number of aryl methyl sites for hydroxylation is 1. The summed E-state index contributed by atoms with van der Waals surface area (Å²) in [6.07, 6.45) is 7.10. The van der Waals surface area contributed by atoms with Crippen molar-refractivity contribution >= 4 is 11.7 Å². The Bertz CT molecular complexity index is 835. The van der Waals surface area contributed by atoms with Crippen LogP contribution in [0.4, 0.5) is 5.82 Å². The third kappa shape index (κ3) is 3.01. The van der Waals surface area contributed by atoms with Crippen molar-refractivity contribution in [2.45, 2.75) is 6.54 Å². The van der Waals surface area contributed by atoms with Crippen LogP contribution in [0.1, 0.15) is 15.9 Å². The lowest BCUT2D eigenvalue weighted by molar-refractivity contribution is 0.0951. The predicted octanol–water partition coefficient (Wildman–Crippen LogP) is 1.60. The SMILES string of the molecule is CN(C)c1ncccc1CNC(=O)c1cnn(C)c1-n1cccc1. The normalized spacial score (nSPS) is 10.6. The highest BCUT2D eigenvalue weighted by molar-refractivity contribution is 5.97. The molecule has 0 atom stereocenters. The van der Waals surface area contributed by atoms with Gasteiger partial charge in [0.25, 0.3) is 5.91 Å². The van der Waals surface area contributed by atoms with Crippen LogP contribution in [0, 0.1) is 0 Å². The van der Waals surface area contributed by atoms with Gasteiger partial charge in [0.1, 0.15) is 17.2 Å². The molecule has 0 aliphatic rings. The molecule has 0 saturated carbocycles. The van der Waals surface area contributed by atoms with E-state index < -0.39 is 0 Å². The summed E-state index contributed by atoms with van der Waals surface area (Å²) < 4.78 is 3.56. The molecule has 0 radical (unpaired) electrons. The average molecular weight is 324 g/mol. The molecule has 24 heavy (non-hydrogen) atoms. The Hall–Kier alpha value is -3.09. The van der Waals surface area contributed by atoms with Crippen LogP contribution in [-0.4, -0.2) is 39.3 Å². The molecule has 1 amide bonds. The Morgan fingerprint density at radius 2 is 2.00 bits per heavy atom. The van der Waals surface area contributed by atoms with Gasteiger partial charge in [0.15, 0.2) is 0 Å². The number of rotatable bonds is 5. The first-order chi connectivity index (χ1) is 11.6. The molecular formula is C17H20N6O. The van der Waals surface area contributed by atoms with E-state index in [0.717, 1.165) is 17.2 Å². The Labute approximate surface area is 140 Å². The molecule has 3 aromatic rings. The fourth-order valence-electron chi connectivity index (χ4n) is 2.61. The largest absolute Gasteiger partial charge is 0.362 e. The summed E-state index contributed by atoms with van der Waals surface area (Å²) in [5.41, 5.74) is 1.49. The van der Waals surface area contributed by atoms with Gasteiger partial charge in [-0.15, -0.1) is 0 Å². The van der Waals surface area contributed by atoms with Crippen molar-refractivity contribution in [2.75, 3.05) is 19.0 Å².